The van der Waals surface area contributed by atoms with Gasteiger partial charge >= 0.3 is 5.97 Å². The number of ether oxygens (including phenoxy) is 1. The van der Waals surface area contributed by atoms with Crippen LogP contribution < -0.4 is 5.32 Å². The Morgan fingerprint density at radius 3 is 2.53 bits per heavy atom. The molecule has 0 radical (unpaired) electrons. The molecule has 1 N–H and O–H groups in total. The summed E-state index contributed by atoms with van der Waals surface area (Å²) in [6.07, 6.45) is 1.01. The van der Waals surface area contributed by atoms with Crippen LogP contribution in [0.2, 0.25) is 0 Å². The number of nitrogens with zero attached hydrogens (tertiary/aromatic N) is 1. The van der Waals surface area contributed by atoms with Crippen molar-refractivity contribution in [2.45, 2.75) is 32.7 Å². The summed E-state index contributed by atoms with van der Waals surface area (Å²) in [6.45, 7) is 3.73. The molecule has 1 aromatic rings. The molecule has 10 heteroatoms. The Hall–Kier alpha value is -2.75. The number of esters is 1. The van der Waals surface area contributed by atoms with Crippen LogP contribution in [0.1, 0.15) is 57.8 Å². The average molecular weight is 436 g/mol. The van der Waals surface area contributed by atoms with E-state index in [-0.39, 0.29) is 34.1 Å². The molecule has 3 rings (SSSR count). The van der Waals surface area contributed by atoms with E-state index in [0.29, 0.717) is 25.3 Å². The molecule has 2 aliphatic rings. The van der Waals surface area contributed by atoms with Crippen molar-refractivity contribution in [3.63, 3.8) is 0 Å². The first-order valence-electron chi connectivity index (χ1n) is 9.74. The van der Waals surface area contributed by atoms with Crippen LogP contribution in [0.25, 0.3) is 0 Å². The molecule has 9 nitrogen and oxygen atoms in total. The summed E-state index contributed by atoms with van der Waals surface area (Å²) in [6, 6.07) is 3.60. The predicted molar refractivity (Wildman–Crippen MR) is 107 cm³/mol. The van der Waals surface area contributed by atoms with Crippen LogP contribution in [-0.4, -0.2) is 67.7 Å². The molecular formula is C20H24N2O7S. The summed E-state index contributed by atoms with van der Waals surface area (Å²) in [5.74, 6) is -2.03. The molecule has 1 atom stereocenters. The fraction of sp³-hybridized carbons (Fsp3) is 0.500. The number of amides is 3. The molecular weight excluding hydrogens is 412 g/mol. The molecule has 0 spiro atoms. The van der Waals surface area contributed by atoms with Gasteiger partial charge in [-0.3, -0.25) is 19.3 Å². The summed E-state index contributed by atoms with van der Waals surface area (Å²) in [5.41, 5.74) is 0.427. The Balaban J connectivity index is 1.59. The minimum atomic E-state index is -3.13. The van der Waals surface area contributed by atoms with Gasteiger partial charge in [-0.25, -0.2) is 13.2 Å². The quantitative estimate of drug-likeness (QED) is 0.494. The van der Waals surface area contributed by atoms with E-state index >= 15 is 0 Å². The van der Waals surface area contributed by atoms with Gasteiger partial charge < -0.3 is 10.1 Å². The maximum atomic E-state index is 12.5. The van der Waals surface area contributed by atoms with Crippen LogP contribution >= 0.6 is 0 Å². The van der Waals surface area contributed by atoms with Crippen molar-refractivity contribution in [2.24, 2.45) is 5.92 Å². The number of carbonyl (C=O) groups excluding carboxylic acids is 4. The van der Waals surface area contributed by atoms with Crippen LogP contribution in [0.3, 0.4) is 0 Å². The third-order valence-electron chi connectivity index (χ3n) is 5.07. The largest absolute Gasteiger partial charge is 0.452 e. The molecule has 0 bridgehead atoms. The van der Waals surface area contributed by atoms with E-state index in [0.717, 1.165) is 0 Å². The number of imide groups is 1. The van der Waals surface area contributed by atoms with E-state index in [1.807, 2.05) is 13.8 Å². The zero-order valence-corrected chi connectivity index (χ0v) is 17.7. The van der Waals surface area contributed by atoms with Gasteiger partial charge in [0.2, 0.25) is 0 Å². The van der Waals surface area contributed by atoms with Crippen molar-refractivity contribution in [3.05, 3.63) is 34.9 Å². The molecule has 1 fully saturated rings. The molecule has 162 valence electrons. The fourth-order valence-electron chi connectivity index (χ4n) is 3.40. The number of nitrogens with one attached hydrogen (secondary N) is 1. The second kappa shape index (κ2) is 8.55. The molecule has 2 heterocycles. The summed E-state index contributed by atoms with van der Waals surface area (Å²) >= 11 is 0. The minimum Gasteiger partial charge on any atom is -0.452 e. The molecule has 0 aliphatic carbocycles. The van der Waals surface area contributed by atoms with E-state index in [4.69, 9.17) is 4.74 Å². The SMILES string of the molecule is CC(C)CCN1C(=O)c2ccc(C(=O)OCC(=O)NC3CCS(=O)(=O)C3)cc2C1=O. The smallest absolute Gasteiger partial charge is 0.338 e. The van der Waals surface area contributed by atoms with Crippen LogP contribution in [0.4, 0.5) is 0 Å². The van der Waals surface area contributed by atoms with Crippen LogP contribution in [0.5, 0.6) is 0 Å². The first kappa shape index (κ1) is 21.9. The lowest BCUT2D eigenvalue weighted by Gasteiger charge is -2.14. The van der Waals surface area contributed by atoms with Gasteiger partial charge in [-0.1, -0.05) is 13.8 Å². The molecule has 3 amide bonds. The monoisotopic (exact) mass is 436 g/mol. The summed E-state index contributed by atoms with van der Waals surface area (Å²) in [4.78, 5) is 50.3. The van der Waals surface area contributed by atoms with Crippen molar-refractivity contribution in [1.29, 1.82) is 0 Å². The van der Waals surface area contributed by atoms with Crippen LogP contribution in [0, 0.1) is 5.92 Å². The van der Waals surface area contributed by atoms with Gasteiger partial charge in [0, 0.05) is 12.6 Å². The zero-order chi connectivity index (χ0) is 22.1. The number of hydrogen-bond acceptors (Lipinski definition) is 7. The van der Waals surface area contributed by atoms with Gasteiger partial charge in [-0.2, -0.15) is 0 Å². The number of benzene rings is 1. The number of sulfone groups is 1. The van der Waals surface area contributed by atoms with Crippen molar-refractivity contribution < 1.29 is 32.3 Å². The molecule has 30 heavy (non-hydrogen) atoms. The van der Waals surface area contributed by atoms with Gasteiger partial charge in [0.15, 0.2) is 16.4 Å². The Morgan fingerprint density at radius 2 is 1.90 bits per heavy atom. The second-order valence-corrected chi connectivity index (χ2v) is 10.2. The summed E-state index contributed by atoms with van der Waals surface area (Å²) in [7, 11) is -3.13. The Morgan fingerprint density at radius 1 is 1.20 bits per heavy atom. The standard InChI is InChI=1S/C20H24N2O7S/c1-12(2)5-7-22-18(24)15-4-3-13(9-16(15)19(22)25)20(26)29-10-17(23)21-14-6-8-30(27,28)11-14/h3-4,9,12,14H,5-8,10-11H2,1-2H3,(H,21,23). The number of carbonyl (C=O) groups is 4. The van der Waals surface area contributed by atoms with E-state index in [1.54, 1.807) is 0 Å². The molecule has 2 aliphatic heterocycles. The minimum absolute atomic E-state index is 0.0216. The molecule has 0 aromatic heterocycles. The van der Waals surface area contributed by atoms with Gasteiger partial charge in [0.25, 0.3) is 17.7 Å². The van der Waals surface area contributed by atoms with E-state index in [2.05, 4.69) is 5.32 Å². The van der Waals surface area contributed by atoms with Gasteiger partial charge in [-0.15, -0.1) is 0 Å². The van der Waals surface area contributed by atoms with Crippen molar-refractivity contribution >= 4 is 33.5 Å². The third kappa shape index (κ3) is 4.86. The van der Waals surface area contributed by atoms with Crippen molar-refractivity contribution in [3.8, 4) is 0 Å². The molecule has 1 aromatic carbocycles. The van der Waals surface area contributed by atoms with E-state index in [9.17, 15) is 27.6 Å². The summed E-state index contributed by atoms with van der Waals surface area (Å²) < 4.78 is 27.8. The van der Waals surface area contributed by atoms with Crippen LogP contribution in [-0.2, 0) is 19.4 Å². The normalized spacial score (nSPS) is 19.8. The van der Waals surface area contributed by atoms with Gasteiger partial charge in [-0.05, 0) is 37.0 Å². The highest BCUT2D eigenvalue weighted by Gasteiger charge is 2.36. The average Bonchev–Trinajstić information content (AvgIpc) is 3.14. The van der Waals surface area contributed by atoms with Gasteiger partial charge in [0.1, 0.15) is 0 Å². The maximum absolute atomic E-state index is 12.5. The zero-order valence-electron chi connectivity index (χ0n) is 16.8. The fourth-order valence-corrected chi connectivity index (χ4v) is 5.07. The first-order valence-corrected chi connectivity index (χ1v) is 11.6. The van der Waals surface area contributed by atoms with Crippen molar-refractivity contribution in [1.82, 2.24) is 10.2 Å². The lowest BCUT2D eigenvalue weighted by molar-refractivity contribution is -0.124. The van der Waals surface area contributed by atoms with Crippen molar-refractivity contribution in [2.75, 3.05) is 24.7 Å². The van der Waals surface area contributed by atoms with E-state index in [1.165, 1.54) is 23.1 Å². The number of hydrogen-bond donors (Lipinski definition) is 1. The first-order chi connectivity index (χ1) is 14.1. The molecule has 0 saturated carbocycles. The number of rotatable bonds is 7. The highest BCUT2D eigenvalue weighted by atomic mass is 32.2. The highest BCUT2D eigenvalue weighted by Crippen LogP contribution is 2.25. The Labute approximate surface area is 174 Å². The van der Waals surface area contributed by atoms with Crippen LogP contribution in [0.15, 0.2) is 18.2 Å². The maximum Gasteiger partial charge on any atom is 0.338 e. The topological polar surface area (TPSA) is 127 Å². The Kier molecular flexibility index (Phi) is 6.25. The lowest BCUT2D eigenvalue weighted by Crippen LogP contribution is -2.38. The highest BCUT2D eigenvalue weighted by molar-refractivity contribution is 7.91. The predicted octanol–water partition coefficient (Wildman–Crippen LogP) is 0.789. The second-order valence-electron chi connectivity index (χ2n) is 7.95. The third-order valence-corrected chi connectivity index (χ3v) is 6.84. The van der Waals surface area contributed by atoms with Gasteiger partial charge in [0.05, 0.1) is 28.2 Å². The Bertz CT molecular complexity index is 1000. The lowest BCUT2D eigenvalue weighted by atomic mass is 10.1. The number of fused-ring (bicyclic) bond motifs is 1. The molecule has 1 unspecified atom stereocenters. The molecule has 1 saturated heterocycles. The summed E-state index contributed by atoms with van der Waals surface area (Å²) in [5, 5.41) is 2.52. The van der Waals surface area contributed by atoms with E-state index < -0.39 is 40.3 Å².